The van der Waals surface area contributed by atoms with Crippen LogP contribution in [0.4, 0.5) is 0 Å². The van der Waals surface area contributed by atoms with E-state index in [0.717, 1.165) is 36.0 Å². The van der Waals surface area contributed by atoms with Crippen molar-refractivity contribution in [3.63, 3.8) is 0 Å². The molecular weight excluding hydrogens is 398 g/mol. The highest BCUT2D eigenvalue weighted by Crippen LogP contribution is 2.30. The number of benzene rings is 3. The molecule has 3 aromatic carbocycles. The normalized spacial score (nSPS) is 15.0. The van der Waals surface area contributed by atoms with E-state index in [2.05, 4.69) is 29.6 Å². The van der Waals surface area contributed by atoms with E-state index < -0.39 is 0 Å². The van der Waals surface area contributed by atoms with Crippen LogP contribution in [0.2, 0.25) is 0 Å². The van der Waals surface area contributed by atoms with E-state index in [1.165, 1.54) is 11.1 Å². The van der Waals surface area contributed by atoms with Crippen molar-refractivity contribution in [2.45, 2.75) is 31.8 Å². The molecule has 4 rings (SSSR count). The van der Waals surface area contributed by atoms with Crippen LogP contribution in [0.5, 0.6) is 0 Å². The standard InChI is InChI=1S/C27H29N3O2/c1-30(26(31)17-28)18-19-6-4-9-23(16-19)20-12-14-22(15-13-20)27(32)29-25-11-5-8-21-7-2-3-10-24(21)25/h2-4,6-7,9-10,12-16,25H,5,8,11,17-18,28H2,1H3,(H,29,32)/t25-/m1/s1. The molecule has 0 saturated heterocycles. The maximum absolute atomic E-state index is 12.9. The van der Waals surface area contributed by atoms with Gasteiger partial charge in [-0.2, -0.15) is 0 Å². The lowest BCUT2D eigenvalue weighted by Gasteiger charge is -2.26. The van der Waals surface area contributed by atoms with Crippen molar-refractivity contribution in [3.05, 3.63) is 95.1 Å². The number of nitrogens with two attached hydrogens (primary N) is 1. The molecule has 5 heteroatoms. The lowest BCUT2D eigenvalue weighted by molar-refractivity contribution is -0.128. The Kier molecular flexibility index (Phi) is 6.66. The van der Waals surface area contributed by atoms with Crippen molar-refractivity contribution in [1.29, 1.82) is 0 Å². The number of carbonyl (C=O) groups excluding carboxylic acids is 2. The summed E-state index contributed by atoms with van der Waals surface area (Å²) in [4.78, 5) is 26.2. The minimum Gasteiger partial charge on any atom is -0.345 e. The molecule has 3 N–H and O–H groups in total. The molecule has 3 aromatic rings. The van der Waals surface area contributed by atoms with Gasteiger partial charge in [0.25, 0.3) is 5.91 Å². The van der Waals surface area contributed by atoms with Crippen LogP contribution in [0, 0.1) is 0 Å². The largest absolute Gasteiger partial charge is 0.345 e. The van der Waals surface area contributed by atoms with Gasteiger partial charge in [-0.3, -0.25) is 9.59 Å². The maximum atomic E-state index is 12.9. The Hall–Kier alpha value is -3.44. The molecular formula is C27H29N3O2. The van der Waals surface area contributed by atoms with Crippen molar-refractivity contribution in [1.82, 2.24) is 10.2 Å². The fraction of sp³-hybridized carbons (Fsp3) is 0.259. The number of amides is 2. The first-order valence-corrected chi connectivity index (χ1v) is 11.1. The number of fused-ring (bicyclic) bond motifs is 1. The summed E-state index contributed by atoms with van der Waals surface area (Å²) < 4.78 is 0. The second-order valence-electron chi connectivity index (χ2n) is 8.35. The molecule has 32 heavy (non-hydrogen) atoms. The van der Waals surface area contributed by atoms with Gasteiger partial charge in [0.1, 0.15) is 0 Å². The number of aryl methyl sites for hydroxylation is 1. The lowest BCUT2D eigenvalue weighted by Crippen LogP contribution is -2.32. The van der Waals surface area contributed by atoms with E-state index in [1.54, 1.807) is 11.9 Å². The lowest BCUT2D eigenvalue weighted by atomic mass is 9.87. The smallest absolute Gasteiger partial charge is 0.251 e. The predicted molar refractivity (Wildman–Crippen MR) is 127 cm³/mol. The summed E-state index contributed by atoms with van der Waals surface area (Å²) in [6.45, 7) is 0.513. The Balaban J connectivity index is 1.45. The molecule has 0 radical (unpaired) electrons. The van der Waals surface area contributed by atoms with Gasteiger partial charge in [-0.05, 0) is 65.3 Å². The molecule has 164 valence electrons. The summed E-state index contributed by atoms with van der Waals surface area (Å²) >= 11 is 0. The van der Waals surface area contributed by atoms with Crippen molar-refractivity contribution >= 4 is 11.8 Å². The second kappa shape index (κ2) is 9.79. The number of carbonyl (C=O) groups is 2. The summed E-state index contributed by atoms with van der Waals surface area (Å²) in [5.41, 5.74) is 11.8. The van der Waals surface area contributed by atoms with Crippen LogP contribution in [0.3, 0.4) is 0 Å². The summed E-state index contributed by atoms with van der Waals surface area (Å²) in [5, 5.41) is 3.21. The SMILES string of the molecule is CN(Cc1cccc(-c2ccc(C(=O)N[C@@H]3CCCc4ccccc43)cc2)c1)C(=O)CN. The van der Waals surface area contributed by atoms with E-state index in [9.17, 15) is 9.59 Å². The topological polar surface area (TPSA) is 75.4 Å². The van der Waals surface area contributed by atoms with Gasteiger partial charge in [-0.25, -0.2) is 0 Å². The average molecular weight is 428 g/mol. The zero-order chi connectivity index (χ0) is 22.5. The van der Waals surface area contributed by atoms with Gasteiger partial charge >= 0.3 is 0 Å². The summed E-state index contributed by atoms with van der Waals surface area (Å²) in [7, 11) is 1.75. The Labute approximate surface area is 189 Å². The summed E-state index contributed by atoms with van der Waals surface area (Å²) in [5.74, 6) is -0.139. The number of hydrogen-bond donors (Lipinski definition) is 2. The summed E-state index contributed by atoms with van der Waals surface area (Å²) in [6.07, 6.45) is 3.13. The third-order valence-corrected chi connectivity index (χ3v) is 6.10. The van der Waals surface area contributed by atoms with Gasteiger partial charge in [0, 0.05) is 19.2 Å². The molecule has 0 fully saturated rings. The Morgan fingerprint density at radius 2 is 1.78 bits per heavy atom. The minimum absolute atomic E-state index is 0.00611. The molecule has 0 aromatic heterocycles. The number of rotatable bonds is 6. The fourth-order valence-corrected chi connectivity index (χ4v) is 4.33. The Morgan fingerprint density at radius 1 is 1.00 bits per heavy atom. The molecule has 2 amide bonds. The van der Waals surface area contributed by atoms with Gasteiger partial charge in [-0.1, -0.05) is 54.6 Å². The second-order valence-corrected chi connectivity index (χ2v) is 8.35. The van der Waals surface area contributed by atoms with Crippen LogP contribution in [0.15, 0.2) is 72.8 Å². The number of hydrogen-bond acceptors (Lipinski definition) is 3. The minimum atomic E-state index is -0.0913. The molecule has 0 bridgehead atoms. The molecule has 1 aliphatic carbocycles. The highest BCUT2D eigenvalue weighted by Gasteiger charge is 2.21. The third kappa shape index (κ3) is 4.89. The van der Waals surface area contributed by atoms with E-state index in [0.29, 0.717) is 12.1 Å². The number of nitrogens with zero attached hydrogens (tertiary/aromatic N) is 1. The van der Waals surface area contributed by atoms with Crippen LogP contribution in [0.25, 0.3) is 11.1 Å². The van der Waals surface area contributed by atoms with Gasteiger partial charge in [-0.15, -0.1) is 0 Å². The van der Waals surface area contributed by atoms with Crippen LogP contribution in [-0.2, 0) is 17.8 Å². The number of nitrogens with one attached hydrogen (secondary N) is 1. The zero-order valence-corrected chi connectivity index (χ0v) is 18.4. The van der Waals surface area contributed by atoms with Gasteiger partial charge in [0.2, 0.25) is 5.91 Å². The quantitative estimate of drug-likeness (QED) is 0.622. The van der Waals surface area contributed by atoms with Crippen LogP contribution in [0.1, 0.15) is 45.9 Å². The van der Waals surface area contributed by atoms with Crippen molar-refractivity contribution in [3.8, 4) is 11.1 Å². The van der Waals surface area contributed by atoms with E-state index >= 15 is 0 Å². The third-order valence-electron chi connectivity index (χ3n) is 6.10. The monoisotopic (exact) mass is 427 g/mol. The first-order chi connectivity index (χ1) is 15.5. The highest BCUT2D eigenvalue weighted by molar-refractivity contribution is 5.95. The van der Waals surface area contributed by atoms with Gasteiger partial charge in [0.05, 0.1) is 12.6 Å². The molecule has 0 aliphatic heterocycles. The molecule has 0 unspecified atom stereocenters. The van der Waals surface area contributed by atoms with E-state index in [-0.39, 0.29) is 24.4 Å². The van der Waals surface area contributed by atoms with Gasteiger partial charge in [0.15, 0.2) is 0 Å². The number of likely N-dealkylation sites (N-methyl/N-ethyl adjacent to an activating group) is 1. The first-order valence-electron chi connectivity index (χ1n) is 11.1. The molecule has 5 nitrogen and oxygen atoms in total. The Morgan fingerprint density at radius 3 is 2.56 bits per heavy atom. The van der Waals surface area contributed by atoms with Crippen molar-refractivity contribution in [2.24, 2.45) is 5.73 Å². The molecule has 0 spiro atoms. The van der Waals surface area contributed by atoms with Gasteiger partial charge < -0.3 is 16.0 Å². The molecule has 0 heterocycles. The fourth-order valence-electron chi connectivity index (χ4n) is 4.33. The first kappa shape index (κ1) is 21.8. The van der Waals surface area contributed by atoms with Crippen LogP contribution < -0.4 is 11.1 Å². The zero-order valence-electron chi connectivity index (χ0n) is 18.4. The molecule has 0 saturated carbocycles. The predicted octanol–water partition coefficient (Wildman–Crippen LogP) is 4.08. The van der Waals surface area contributed by atoms with Crippen LogP contribution >= 0.6 is 0 Å². The molecule has 1 aliphatic rings. The summed E-state index contributed by atoms with van der Waals surface area (Å²) in [6, 6.07) is 24.2. The van der Waals surface area contributed by atoms with E-state index in [1.807, 2.05) is 48.5 Å². The Bertz CT molecular complexity index is 1110. The molecule has 1 atom stereocenters. The van der Waals surface area contributed by atoms with Crippen molar-refractivity contribution < 1.29 is 9.59 Å². The average Bonchev–Trinajstić information content (AvgIpc) is 2.84. The van der Waals surface area contributed by atoms with Crippen molar-refractivity contribution in [2.75, 3.05) is 13.6 Å². The maximum Gasteiger partial charge on any atom is 0.251 e. The van der Waals surface area contributed by atoms with Crippen LogP contribution in [-0.4, -0.2) is 30.3 Å². The van der Waals surface area contributed by atoms with E-state index in [4.69, 9.17) is 5.73 Å². The highest BCUT2D eigenvalue weighted by atomic mass is 16.2.